The molecule has 4 nitrogen and oxygen atoms in total. The molecule has 1 aromatic heterocycles. The third kappa shape index (κ3) is 3.91. The van der Waals surface area contributed by atoms with E-state index in [2.05, 4.69) is 46.4 Å². The molecule has 1 unspecified atom stereocenters. The Labute approximate surface area is 148 Å². The number of aryl methyl sites for hydroxylation is 1. The van der Waals surface area contributed by atoms with E-state index < -0.39 is 0 Å². The topological polar surface area (TPSA) is 39.1 Å². The molecule has 0 radical (unpaired) electrons. The number of nitrogens with one attached hydrogen (secondary N) is 1. The van der Waals surface area contributed by atoms with Crippen molar-refractivity contribution in [2.45, 2.75) is 38.6 Å². The molecule has 1 aliphatic heterocycles. The number of aromatic nitrogens is 2. The first-order valence-electron chi connectivity index (χ1n) is 8.90. The van der Waals surface area contributed by atoms with Crippen molar-refractivity contribution in [2.75, 3.05) is 0 Å². The minimum absolute atomic E-state index is 0.354. The quantitative estimate of drug-likeness (QED) is 0.738. The Morgan fingerprint density at radius 1 is 1.04 bits per heavy atom. The van der Waals surface area contributed by atoms with E-state index in [1.807, 2.05) is 30.3 Å². The maximum absolute atomic E-state index is 5.84. The van der Waals surface area contributed by atoms with E-state index in [9.17, 15) is 0 Å². The minimum atomic E-state index is 0.354. The van der Waals surface area contributed by atoms with Crippen LogP contribution in [0.25, 0.3) is 0 Å². The SMILES string of the molecule is c1ccc(CNC2CCCn3nc(COc4ccccc4)cc32)cc1. The molecule has 4 heteroatoms. The van der Waals surface area contributed by atoms with E-state index >= 15 is 0 Å². The Hall–Kier alpha value is -2.59. The molecule has 0 amide bonds. The molecule has 0 spiro atoms. The van der Waals surface area contributed by atoms with Crippen molar-refractivity contribution >= 4 is 0 Å². The first-order chi connectivity index (χ1) is 12.4. The van der Waals surface area contributed by atoms with Gasteiger partial charge >= 0.3 is 0 Å². The van der Waals surface area contributed by atoms with Gasteiger partial charge in [0.15, 0.2) is 0 Å². The standard InChI is InChI=1S/C21H23N3O/c1-3-8-17(9-4-1)15-22-20-12-7-13-24-21(20)14-18(23-24)16-25-19-10-5-2-6-11-19/h1-6,8-11,14,20,22H,7,12-13,15-16H2. The highest BCUT2D eigenvalue weighted by Crippen LogP contribution is 2.26. The van der Waals surface area contributed by atoms with E-state index in [0.717, 1.165) is 37.4 Å². The second-order valence-corrected chi connectivity index (χ2v) is 6.45. The third-order valence-electron chi connectivity index (χ3n) is 4.61. The van der Waals surface area contributed by atoms with Gasteiger partial charge in [-0.15, -0.1) is 0 Å². The summed E-state index contributed by atoms with van der Waals surface area (Å²) in [6.07, 6.45) is 2.30. The summed E-state index contributed by atoms with van der Waals surface area (Å²) in [6, 6.07) is 23.0. The van der Waals surface area contributed by atoms with E-state index in [1.54, 1.807) is 0 Å². The first-order valence-corrected chi connectivity index (χ1v) is 8.90. The van der Waals surface area contributed by atoms with E-state index in [-0.39, 0.29) is 0 Å². The van der Waals surface area contributed by atoms with E-state index in [1.165, 1.54) is 11.3 Å². The van der Waals surface area contributed by atoms with Crippen LogP contribution in [-0.2, 0) is 19.7 Å². The molecule has 1 atom stereocenters. The average molecular weight is 333 g/mol. The monoisotopic (exact) mass is 333 g/mol. The molecule has 0 aliphatic carbocycles. The highest BCUT2D eigenvalue weighted by Gasteiger charge is 2.22. The van der Waals surface area contributed by atoms with Gasteiger partial charge in [-0.05, 0) is 36.6 Å². The fraction of sp³-hybridized carbons (Fsp3) is 0.286. The molecule has 0 saturated carbocycles. The Morgan fingerprint density at radius 2 is 1.80 bits per heavy atom. The summed E-state index contributed by atoms with van der Waals surface area (Å²) >= 11 is 0. The number of para-hydroxylation sites is 1. The van der Waals surface area contributed by atoms with Gasteiger partial charge < -0.3 is 10.1 Å². The lowest BCUT2D eigenvalue weighted by Crippen LogP contribution is -2.27. The van der Waals surface area contributed by atoms with Crippen LogP contribution in [0.5, 0.6) is 5.75 Å². The zero-order valence-electron chi connectivity index (χ0n) is 14.3. The van der Waals surface area contributed by atoms with Crippen LogP contribution in [0.1, 0.15) is 35.8 Å². The van der Waals surface area contributed by atoms with Crippen LogP contribution in [0.15, 0.2) is 66.7 Å². The maximum atomic E-state index is 5.84. The van der Waals surface area contributed by atoms with Crippen molar-refractivity contribution < 1.29 is 4.74 Å². The minimum Gasteiger partial charge on any atom is -0.487 e. The fourth-order valence-electron chi connectivity index (χ4n) is 3.33. The van der Waals surface area contributed by atoms with Crippen molar-refractivity contribution in [1.82, 2.24) is 15.1 Å². The molecule has 2 heterocycles. The van der Waals surface area contributed by atoms with Crippen LogP contribution in [0.3, 0.4) is 0 Å². The van der Waals surface area contributed by atoms with Gasteiger partial charge in [-0.3, -0.25) is 4.68 Å². The van der Waals surface area contributed by atoms with E-state index in [0.29, 0.717) is 12.6 Å². The Morgan fingerprint density at radius 3 is 2.60 bits per heavy atom. The predicted molar refractivity (Wildman–Crippen MR) is 98.3 cm³/mol. The number of rotatable bonds is 6. The third-order valence-corrected chi connectivity index (χ3v) is 4.61. The molecule has 0 bridgehead atoms. The smallest absolute Gasteiger partial charge is 0.132 e. The molecule has 128 valence electrons. The van der Waals surface area contributed by atoms with Crippen molar-refractivity contribution in [3.05, 3.63) is 83.7 Å². The van der Waals surface area contributed by atoms with Crippen LogP contribution in [-0.4, -0.2) is 9.78 Å². The largest absolute Gasteiger partial charge is 0.487 e. The van der Waals surface area contributed by atoms with Gasteiger partial charge in [-0.25, -0.2) is 0 Å². The Balaban J connectivity index is 1.41. The molecule has 2 aromatic carbocycles. The summed E-state index contributed by atoms with van der Waals surface area (Å²) in [5.74, 6) is 0.882. The zero-order chi connectivity index (χ0) is 16.9. The van der Waals surface area contributed by atoms with Gasteiger partial charge in [0.05, 0.1) is 5.69 Å². The summed E-state index contributed by atoms with van der Waals surface area (Å²) < 4.78 is 7.97. The summed E-state index contributed by atoms with van der Waals surface area (Å²) in [6.45, 7) is 2.38. The zero-order valence-corrected chi connectivity index (χ0v) is 14.3. The molecular formula is C21H23N3O. The van der Waals surface area contributed by atoms with Crippen molar-refractivity contribution in [3.8, 4) is 5.75 Å². The number of hydrogen-bond donors (Lipinski definition) is 1. The van der Waals surface area contributed by atoms with Crippen molar-refractivity contribution in [2.24, 2.45) is 0 Å². The molecule has 1 aliphatic rings. The first kappa shape index (κ1) is 15.9. The number of hydrogen-bond acceptors (Lipinski definition) is 3. The maximum Gasteiger partial charge on any atom is 0.132 e. The van der Waals surface area contributed by atoms with Gasteiger partial charge in [0.25, 0.3) is 0 Å². The molecule has 0 fully saturated rings. The molecular weight excluding hydrogens is 310 g/mol. The molecule has 25 heavy (non-hydrogen) atoms. The normalized spacial score (nSPS) is 16.4. The summed E-state index contributed by atoms with van der Waals surface area (Å²) in [5, 5.41) is 8.40. The molecule has 3 aromatic rings. The lowest BCUT2D eigenvalue weighted by molar-refractivity contribution is 0.298. The summed E-state index contributed by atoms with van der Waals surface area (Å²) in [7, 11) is 0. The lowest BCUT2D eigenvalue weighted by atomic mass is 10.0. The Kier molecular flexibility index (Phi) is 4.79. The van der Waals surface area contributed by atoms with Crippen LogP contribution < -0.4 is 10.1 Å². The predicted octanol–water partition coefficient (Wildman–Crippen LogP) is 4.09. The van der Waals surface area contributed by atoms with Gasteiger partial charge in [-0.2, -0.15) is 5.10 Å². The highest BCUT2D eigenvalue weighted by molar-refractivity contribution is 5.22. The van der Waals surface area contributed by atoms with Gasteiger partial charge in [0, 0.05) is 19.1 Å². The van der Waals surface area contributed by atoms with Crippen LogP contribution in [0.2, 0.25) is 0 Å². The average Bonchev–Trinajstić information content (AvgIpc) is 3.10. The van der Waals surface area contributed by atoms with Crippen molar-refractivity contribution in [1.29, 1.82) is 0 Å². The van der Waals surface area contributed by atoms with E-state index in [4.69, 9.17) is 9.84 Å². The van der Waals surface area contributed by atoms with Crippen LogP contribution in [0, 0.1) is 0 Å². The number of ether oxygens (including phenoxy) is 1. The number of fused-ring (bicyclic) bond motifs is 1. The van der Waals surface area contributed by atoms with Crippen LogP contribution >= 0.6 is 0 Å². The lowest BCUT2D eigenvalue weighted by Gasteiger charge is -2.24. The van der Waals surface area contributed by atoms with Crippen molar-refractivity contribution in [3.63, 3.8) is 0 Å². The van der Waals surface area contributed by atoms with Crippen LogP contribution in [0.4, 0.5) is 0 Å². The second-order valence-electron chi connectivity index (χ2n) is 6.45. The number of benzene rings is 2. The molecule has 0 saturated heterocycles. The summed E-state index contributed by atoms with van der Waals surface area (Å²) in [4.78, 5) is 0. The van der Waals surface area contributed by atoms with Gasteiger partial charge in [0.2, 0.25) is 0 Å². The Bertz CT molecular complexity index is 799. The summed E-state index contributed by atoms with van der Waals surface area (Å²) in [5.41, 5.74) is 3.58. The van der Waals surface area contributed by atoms with Gasteiger partial charge in [-0.1, -0.05) is 48.5 Å². The molecule has 4 rings (SSSR count). The second kappa shape index (κ2) is 7.53. The number of nitrogens with zero attached hydrogens (tertiary/aromatic N) is 2. The van der Waals surface area contributed by atoms with Gasteiger partial charge in [0.1, 0.15) is 18.1 Å². The fourth-order valence-corrected chi connectivity index (χ4v) is 3.33. The molecule has 1 N–H and O–H groups in total. The highest BCUT2D eigenvalue weighted by atomic mass is 16.5.